The number of hydrogen-bond donors (Lipinski definition) is 3. The quantitative estimate of drug-likeness (QED) is 0.690. The largest absolute Gasteiger partial charge is 0.397 e. The summed E-state index contributed by atoms with van der Waals surface area (Å²) in [7, 11) is 0. The Bertz CT molecular complexity index is 742. The zero-order chi connectivity index (χ0) is 18.2. The van der Waals surface area contributed by atoms with Crippen LogP contribution in [0.4, 0.5) is 0 Å². The lowest BCUT2D eigenvalue weighted by Gasteiger charge is -2.06. The van der Waals surface area contributed by atoms with Crippen LogP contribution in [-0.2, 0) is 11.3 Å². The van der Waals surface area contributed by atoms with Crippen molar-refractivity contribution in [1.82, 2.24) is 5.32 Å². The first kappa shape index (κ1) is 18.4. The summed E-state index contributed by atoms with van der Waals surface area (Å²) in [6.07, 6.45) is 4.36. The van der Waals surface area contributed by atoms with E-state index < -0.39 is 0 Å². The molecule has 132 valence electrons. The van der Waals surface area contributed by atoms with Crippen LogP contribution in [0.3, 0.4) is 0 Å². The molecule has 0 radical (unpaired) electrons. The molecular weight excluding hydrogens is 314 g/mol. The Labute approximate surface area is 148 Å². The van der Waals surface area contributed by atoms with E-state index >= 15 is 0 Å². The zero-order valence-corrected chi connectivity index (χ0v) is 14.7. The fourth-order valence-corrected chi connectivity index (χ4v) is 2.30. The zero-order valence-electron chi connectivity index (χ0n) is 14.7. The molecule has 0 aliphatic carbocycles. The van der Waals surface area contributed by atoms with Crippen LogP contribution in [0.15, 0.2) is 57.3 Å². The maximum atomic E-state index is 12.1. The van der Waals surface area contributed by atoms with Gasteiger partial charge in [0, 0.05) is 24.8 Å². The van der Waals surface area contributed by atoms with Crippen LogP contribution < -0.4 is 16.8 Å². The topological polar surface area (TPSA) is 106 Å². The summed E-state index contributed by atoms with van der Waals surface area (Å²) in [5.41, 5.74) is 15.7. The molecule has 25 heavy (non-hydrogen) atoms. The minimum absolute atomic E-state index is 0.166. The number of rotatable bonds is 6. The van der Waals surface area contributed by atoms with Crippen LogP contribution in [0.2, 0.25) is 0 Å². The van der Waals surface area contributed by atoms with E-state index in [0.29, 0.717) is 35.9 Å². The Morgan fingerprint density at radius 1 is 1.32 bits per heavy atom. The van der Waals surface area contributed by atoms with E-state index in [9.17, 15) is 4.79 Å². The standard InChI is InChI=1S/C19H25N5O/c1-3-8-23-19(25)15-9-16(20)17(24-18(21)10-15)12-22-11-14-6-4-13(2)5-7-14/h4-7,9,12H,3,8,10-11,20H2,1-2H3,(H2,21,24)(H,23,25). The van der Waals surface area contributed by atoms with Gasteiger partial charge in [-0.25, -0.2) is 4.99 Å². The van der Waals surface area contributed by atoms with Crippen molar-refractivity contribution in [2.24, 2.45) is 21.5 Å². The third-order valence-electron chi connectivity index (χ3n) is 3.70. The van der Waals surface area contributed by atoms with Crippen molar-refractivity contribution in [2.45, 2.75) is 33.2 Å². The van der Waals surface area contributed by atoms with Crippen molar-refractivity contribution in [3.8, 4) is 0 Å². The summed E-state index contributed by atoms with van der Waals surface area (Å²) in [5.74, 6) is 0.177. The molecule has 5 N–H and O–H groups in total. The molecule has 0 atom stereocenters. The normalized spacial score (nSPS) is 15.0. The van der Waals surface area contributed by atoms with E-state index in [1.165, 1.54) is 5.56 Å². The van der Waals surface area contributed by atoms with Gasteiger partial charge in [0.15, 0.2) is 0 Å². The van der Waals surface area contributed by atoms with Gasteiger partial charge < -0.3 is 16.8 Å². The number of nitrogens with zero attached hydrogens (tertiary/aromatic N) is 2. The molecule has 0 saturated heterocycles. The second-order valence-electron chi connectivity index (χ2n) is 6.00. The maximum Gasteiger partial charge on any atom is 0.247 e. The molecule has 1 aromatic carbocycles. The average molecular weight is 339 g/mol. The van der Waals surface area contributed by atoms with Crippen molar-refractivity contribution in [3.63, 3.8) is 0 Å². The van der Waals surface area contributed by atoms with Gasteiger partial charge in [0.25, 0.3) is 0 Å². The van der Waals surface area contributed by atoms with Crippen LogP contribution in [0.1, 0.15) is 30.9 Å². The Hall–Kier alpha value is -2.89. The number of nitrogens with two attached hydrogens (primary N) is 2. The van der Waals surface area contributed by atoms with E-state index in [2.05, 4.69) is 15.3 Å². The minimum Gasteiger partial charge on any atom is -0.397 e. The molecule has 0 saturated carbocycles. The molecule has 1 aliphatic rings. The molecule has 0 unspecified atom stereocenters. The fraction of sp³-hybridized carbons (Fsp3) is 0.316. The molecule has 1 heterocycles. The third kappa shape index (κ3) is 5.60. The number of carbonyl (C=O) groups is 1. The van der Waals surface area contributed by atoms with Crippen LogP contribution >= 0.6 is 0 Å². The highest BCUT2D eigenvalue weighted by Gasteiger charge is 2.15. The number of benzene rings is 1. The first-order valence-corrected chi connectivity index (χ1v) is 8.36. The molecule has 6 heteroatoms. The van der Waals surface area contributed by atoms with Crippen molar-refractivity contribution in [1.29, 1.82) is 0 Å². The first-order valence-electron chi connectivity index (χ1n) is 8.36. The summed E-state index contributed by atoms with van der Waals surface area (Å²) in [6, 6.07) is 8.16. The predicted molar refractivity (Wildman–Crippen MR) is 102 cm³/mol. The lowest BCUT2D eigenvalue weighted by atomic mass is 10.1. The second kappa shape index (κ2) is 8.82. The fourth-order valence-electron chi connectivity index (χ4n) is 2.30. The SMILES string of the molecule is CCCNC(=O)C1=CC(N)=C(C=NCc2ccc(C)cc2)N=C(N)C1. The van der Waals surface area contributed by atoms with E-state index in [1.807, 2.05) is 38.1 Å². The lowest BCUT2D eigenvalue weighted by Crippen LogP contribution is -2.28. The summed E-state index contributed by atoms with van der Waals surface area (Å²) in [6.45, 7) is 5.18. The highest BCUT2D eigenvalue weighted by Crippen LogP contribution is 2.14. The number of nitrogens with one attached hydrogen (secondary N) is 1. The van der Waals surface area contributed by atoms with E-state index in [4.69, 9.17) is 11.5 Å². The van der Waals surface area contributed by atoms with Gasteiger partial charge in [-0.15, -0.1) is 0 Å². The Kier molecular flexibility index (Phi) is 6.51. The monoisotopic (exact) mass is 339 g/mol. The van der Waals surface area contributed by atoms with E-state index in [0.717, 1.165) is 12.0 Å². The number of aryl methyl sites for hydroxylation is 1. The van der Waals surface area contributed by atoms with Crippen molar-refractivity contribution in [3.05, 3.63) is 58.4 Å². The van der Waals surface area contributed by atoms with E-state index in [1.54, 1.807) is 12.3 Å². The first-order chi connectivity index (χ1) is 12.0. The molecular formula is C19H25N5O. The van der Waals surface area contributed by atoms with Gasteiger partial charge >= 0.3 is 0 Å². The molecule has 1 aromatic rings. The average Bonchev–Trinajstić information content (AvgIpc) is 2.73. The van der Waals surface area contributed by atoms with Crippen molar-refractivity contribution >= 4 is 18.0 Å². The molecule has 6 nitrogen and oxygen atoms in total. The lowest BCUT2D eigenvalue weighted by molar-refractivity contribution is -0.117. The minimum atomic E-state index is -0.166. The van der Waals surface area contributed by atoms with Crippen LogP contribution in [0, 0.1) is 6.92 Å². The van der Waals surface area contributed by atoms with Gasteiger partial charge in [-0.2, -0.15) is 0 Å². The van der Waals surface area contributed by atoms with Crippen LogP contribution in [-0.4, -0.2) is 24.5 Å². The highest BCUT2D eigenvalue weighted by molar-refractivity contribution is 6.02. The van der Waals surface area contributed by atoms with Gasteiger partial charge in [0.05, 0.1) is 12.2 Å². The second-order valence-corrected chi connectivity index (χ2v) is 6.00. The maximum absolute atomic E-state index is 12.1. The van der Waals surface area contributed by atoms with Crippen molar-refractivity contribution < 1.29 is 4.79 Å². The van der Waals surface area contributed by atoms with Crippen LogP contribution in [0.5, 0.6) is 0 Å². The summed E-state index contributed by atoms with van der Waals surface area (Å²) in [4.78, 5) is 20.8. The summed E-state index contributed by atoms with van der Waals surface area (Å²) >= 11 is 0. The van der Waals surface area contributed by atoms with Gasteiger partial charge in [-0.3, -0.25) is 9.79 Å². The highest BCUT2D eigenvalue weighted by atomic mass is 16.1. The summed E-state index contributed by atoms with van der Waals surface area (Å²) < 4.78 is 0. The smallest absolute Gasteiger partial charge is 0.247 e. The molecule has 0 aromatic heterocycles. The number of amides is 1. The number of allylic oxidation sites excluding steroid dienone is 2. The Balaban J connectivity index is 2.13. The third-order valence-corrected chi connectivity index (χ3v) is 3.70. The van der Waals surface area contributed by atoms with Gasteiger partial charge in [-0.1, -0.05) is 36.8 Å². The molecule has 0 fully saturated rings. The molecule has 0 spiro atoms. The Morgan fingerprint density at radius 3 is 2.72 bits per heavy atom. The van der Waals surface area contributed by atoms with E-state index in [-0.39, 0.29) is 12.3 Å². The number of hydrogen-bond acceptors (Lipinski definition) is 5. The summed E-state index contributed by atoms with van der Waals surface area (Å²) in [5, 5.41) is 2.83. The molecule has 1 aliphatic heterocycles. The predicted octanol–water partition coefficient (Wildman–Crippen LogP) is 1.95. The van der Waals surface area contributed by atoms with Crippen LogP contribution in [0.25, 0.3) is 0 Å². The van der Waals surface area contributed by atoms with Gasteiger partial charge in [0.2, 0.25) is 5.91 Å². The molecule has 0 bridgehead atoms. The van der Waals surface area contributed by atoms with Gasteiger partial charge in [-0.05, 0) is 25.0 Å². The molecule has 2 rings (SSSR count). The molecule has 1 amide bonds. The van der Waals surface area contributed by atoms with Crippen molar-refractivity contribution in [2.75, 3.05) is 6.54 Å². The number of carbonyl (C=O) groups excluding carboxylic acids is 1. The Morgan fingerprint density at radius 2 is 2.04 bits per heavy atom. The number of aliphatic imine (C=N–C) groups is 2. The number of amidine groups is 1. The van der Waals surface area contributed by atoms with Gasteiger partial charge in [0.1, 0.15) is 11.5 Å².